The molecule has 1 saturated heterocycles. The summed E-state index contributed by atoms with van der Waals surface area (Å²) in [4.78, 5) is 24.3. The molecule has 106 valence electrons. The van der Waals surface area contributed by atoms with Crippen LogP contribution in [0.5, 0.6) is 0 Å². The van der Waals surface area contributed by atoms with Crippen molar-refractivity contribution in [2.24, 2.45) is 5.92 Å². The van der Waals surface area contributed by atoms with Gasteiger partial charge < -0.3 is 10.0 Å². The number of carboxylic acid groups (broad SMARTS) is 1. The van der Waals surface area contributed by atoms with Gasteiger partial charge in [-0.15, -0.1) is 0 Å². The van der Waals surface area contributed by atoms with Crippen LogP contribution in [0.2, 0.25) is 0 Å². The van der Waals surface area contributed by atoms with Gasteiger partial charge in [0.15, 0.2) is 0 Å². The molecule has 4 nitrogen and oxygen atoms in total. The van der Waals surface area contributed by atoms with E-state index in [9.17, 15) is 9.59 Å². The summed E-state index contributed by atoms with van der Waals surface area (Å²) in [6.45, 7) is 1.64. The molecule has 1 amide bonds. The predicted octanol–water partition coefficient (Wildman–Crippen LogP) is 3.14. The summed E-state index contributed by atoms with van der Waals surface area (Å²) in [5.74, 6) is 0.514. The number of piperidine rings is 1. The number of thioether (sulfide) groups is 1. The van der Waals surface area contributed by atoms with E-state index in [1.54, 1.807) is 0 Å². The van der Waals surface area contributed by atoms with Crippen LogP contribution in [0, 0.1) is 5.92 Å². The van der Waals surface area contributed by atoms with Gasteiger partial charge in [0.05, 0.1) is 0 Å². The number of rotatable bonds is 4. The van der Waals surface area contributed by atoms with Gasteiger partial charge in [-0.3, -0.25) is 9.59 Å². The fraction of sp³-hybridized carbons (Fsp3) is 0.714. The van der Waals surface area contributed by atoms with E-state index in [1.807, 2.05) is 4.90 Å². The van der Waals surface area contributed by atoms with Gasteiger partial charge >= 0.3 is 5.97 Å². The molecule has 0 saturated carbocycles. The van der Waals surface area contributed by atoms with Crippen molar-refractivity contribution in [1.82, 2.24) is 4.90 Å². The molecular formula is C14H21NO3S. The highest BCUT2D eigenvalue weighted by Crippen LogP contribution is 2.32. The van der Waals surface area contributed by atoms with Crippen molar-refractivity contribution in [3.63, 3.8) is 0 Å². The molecule has 5 heteroatoms. The maximum Gasteiger partial charge on any atom is 0.303 e. The van der Waals surface area contributed by atoms with Crippen molar-refractivity contribution >= 4 is 23.0 Å². The van der Waals surface area contributed by atoms with Crippen LogP contribution in [0.4, 0.5) is 4.79 Å². The summed E-state index contributed by atoms with van der Waals surface area (Å²) in [5.41, 5.74) is 1.44. The van der Waals surface area contributed by atoms with E-state index in [-0.39, 0.29) is 11.7 Å². The molecule has 0 spiro atoms. The monoisotopic (exact) mass is 283 g/mol. The van der Waals surface area contributed by atoms with Crippen LogP contribution in [0.1, 0.15) is 38.5 Å². The average molecular weight is 283 g/mol. The van der Waals surface area contributed by atoms with Crippen molar-refractivity contribution in [2.75, 3.05) is 18.8 Å². The Bertz CT molecular complexity index is 381. The summed E-state index contributed by atoms with van der Waals surface area (Å²) in [7, 11) is 0. The van der Waals surface area contributed by atoms with Gasteiger partial charge in [0, 0.05) is 25.3 Å². The number of likely N-dealkylation sites (tertiary alicyclic amines) is 1. The second-order valence-electron chi connectivity index (χ2n) is 5.23. The highest BCUT2D eigenvalue weighted by atomic mass is 32.2. The normalized spacial score (nSPS) is 22.6. The Kier molecular flexibility index (Phi) is 5.31. The Labute approximate surface area is 118 Å². The van der Waals surface area contributed by atoms with Crippen LogP contribution >= 0.6 is 11.8 Å². The summed E-state index contributed by atoms with van der Waals surface area (Å²) in [5, 5.41) is 8.65. The van der Waals surface area contributed by atoms with Crippen molar-refractivity contribution in [1.29, 1.82) is 0 Å². The first kappa shape index (κ1) is 14.4. The largest absolute Gasteiger partial charge is 0.481 e. The van der Waals surface area contributed by atoms with E-state index in [2.05, 4.69) is 6.08 Å². The Morgan fingerprint density at radius 1 is 1.42 bits per heavy atom. The Morgan fingerprint density at radius 2 is 2.26 bits per heavy atom. The molecule has 1 aliphatic heterocycles. The fourth-order valence-electron chi connectivity index (χ4n) is 2.77. The lowest BCUT2D eigenvalue weighted by atomic mass is 9.83. The number of aliphatic carboxylic acids is 1. The predicted molar refractivity (Wildman–Crippen MR) is 76.3 cm³/mol. The van der Waals surface area contributed by atoms with Crippen LogP contribution in [0.15, 0.2) is 11.6 Å². The van der Waals surface area contributed by atoms with Crippen molar-refractivity contribution < 1.29 is 14.7 Å². The second-order valence-corrected chi connectivity index (χ2v) is 6.27. The van der Waals surface area contributed by atoms with E-state index >= 15 is 0 Å². The van der Waals surface area contributed by atoms with E-state index in [0.29, 0.717) is 18.1 Å². The quantitative estimate of drug-likeness (QED) is 0.636. The van der Waals surface area contributed by atoms with Crippen molar-refractivity contribution in [3.05, 3.63) is 11.6 Å². The lowest BCUT2D eigenvalue weighted by molar-refractivity contribution is -0.137. The van der Waals surface area contributed by atoms with Crippen LogP contribution in [0.3, 0.4) is 0 Å². The zero-order valence-corrected chi connectivity index (χ0v) is 12.0. The third-order valence-electron chi connectivity index (χ3n) is 3.83. The molecule has 19 heavy (non-hydrogen) atoms. The van der Waals surface area contributed by atoms with Gasteiger partial charge in [0.1, 0.15) is 0 Å². The lowest BCUT2D eigenvalue weighted by Gasteiger charge is -2.36. The van der Waals surface area contributed by atoms with Crippen molar-refractivity contribution in [2.45, 2.75) is 38.5 Å². The minimum absolute atomic E-state index is 0.107. The lowest BCUT2D eigenvalue weighted by Crippen LogP contribution is -2.38. The van der Waals surface area contributed by atoms with Gasteiger partial charge in [-0.1, -0.05) is 23.4 Å². The molecule has 0 aromatic carbocycles. The molecule has 0 bridgehead atoms. The standard InChI is InChI=1S/C14H21NO3S/c16-13(17)6-3-9-19-14(18)15-8-7-11-4-1-2-5-12(11)10-15/h5,11H,1-4,6-10H2,(H,16,17). The number of nitrogens with zero attached hydrogens (tertiary/aromatic N) is 1. The van der Waals surface area contributed by atoms with Gasteiger partial charge in [0.25, 0.3) is 5.24 Å². The SMILES string of the molecule is O=C(O)CCCSC(=O)N1CCC2CCCC=C2C1. The molecule has 0 aromatic rings. The maximum absolute atomic E-state index is 12.0. The van der Waals surface area contributed by atoms with Gasteiger partial charge in [-0.05, 0) is 38.0 Å². The van der Waals surface area contributed by atoms with Gasteiger partial charge in [-0.25, -0.2) is 0 Å². The number of carbonyl (C=O) groups excluding carboxylic acids is 1. The number of hydrogen-bond donors (Lipinski definition) is 1. The Morgan fingerprint density at radius 3 is 3.05 bits per heavy atom. The minimum atomic E-state index is -0.791. The number of carboxylic acids is 1. The maximum atomic E-state index is 12.0. The molecule has 2 rings (SSSR count). The van der Waals surface area contributed by atoms with Crippen LogP contribution in [-0.4, -0.2) is 40.1 Å². The topological polar surface area (TPSA) is 57.6 Å². The molecule has 1 aliphatic carbocycles. The van der Waals surface area contributed by atoms with Gasteiger partial charge in [0.2, 0.25) is 0 Å². The highest BCUT2D eigenvalue weighted by molar-refractivity contribution is 8.13. The number of fused-ring (bicyclic) bond motifs is 1. The molecule has 0 radical (unpaired) electrons. The molecule has 1 heterocycles. The Hall–Kier alpha value is -0.970. The van der Waals surface area contributed by atoms with E-state index < -0.39 is 5.97 Å². The molecule has 2 aliphatic rings. The smallest absolute Gasteiger partial charge is 0.303 e. The van der Waals surface area contributed by atoms with Crippen LogP contribution < -0.4 is 0 Å². The van der Waals surface area contributed by atoms with E-state index in [0.717, 1.165) is 25.9 Å². The average Bonchev–Trinajstić information content (AvgIpc) is 2.42. The molecule has 1 N–H and O–H groups in total. The summed E-state index contributed by atoms with van der Waals surface area (Å²) in [6.07, 6.45) is 7.82. The molecule has 1 unspecified atom stereocenters. The van der Waals surface area contributed by atoms with Crippen LogP contribution in [-0.2, 0) is 4.79 Å². The highest BCUT2D eigenvalue weighted by Gasteiger charge is 2.27. The first-order chi connectivity index (χ1) is 9.16. The molecular weight excluding hydrogens is 262 g/mol. The summed E-state index contributed by atoms with van der Waals surface area (Å²) >= 11 is 1.26. The van der Waals surface area contributed by atoms with Crippen molar-refractivity contribution in [3.8, 4) is 0 Å². The molecule has 1 fully saturated rings. The zero-order chi connectivity index (χ0) is 13.7. The number of hydrogen-bond acceptors (Lipinski definition) is 3. The van der Waals surface area contributed by atoms with Gasteiger partial charge in [-0.2, -0.15) is 0 Å². The molecule has 1 atom stereocenters. The summed E-state index contributed by atoms with van der Waals surface area (Å²) < 4.78 is 0. The minimum Gasteiger partial charge on any atom is -0.481 e. The third kappa shape index (κ3) is 4.27. The number of carbonyl (C=O) groups is 2. The second kappa shape index (κ2) is 6.98. The molecule has 0 aromatic heterocycles. The van der Waals surface area contributed by atoms with E-state index in [1.165, 1.54) is 30.2 Å². The summed E-state index contributed by atoms with van der Waals surface area (Å²) in [6, 6.07) is 0. The first-order valence-electron chi connectivity index (χ1n) is 6.99. The third-order valence-corrected chi connectivity index (χ3v) is 4.83. The zero-order valence-electron chi connectivity index (χ0n) is 11.1. The van der Waals surface area contributed by atoms with E-state index in [4.69, 9.17) is 5.11 Å². The fourth-order valence-corrected chi connectivity index (χ4v) is 3.57. The van der Waals surface area contributed by atoms with Crippen LogP contribution in [0.25, 0.3) is 0 Å². The number of amides is 1. The number of allylic oxidation sites excluding steroid dienone is 1. The first-order valence-corrected chi connectivity index (χ1v) is 7.98. The Balaban J connectivity index is 1.74.